The third-order valence-corrected chi connectivity index (χ3v) is 13.6. The molecule has 1 saturated carbocycles. The summed E-state index contributed by atoms with van der Waals surface area (Å²) in [6.07, 6.45) is 8.43. The number of carbonyl (C=O) groups is 6. The Morgan fingerprint density at radius 2 is 1.54 bits per heavy atom. The summed E-state index contributed by atoms with van der Waals surface area (Å²) < 4.78 is 30.0. The summed E-state index contributed by atoms with van der Waals surface area (Å²) >= 11 is 0. The van der Waals surface area contributed by atoms with Gasteiger partial charge in [-0.25, -0.2) is 4.98 Å². The van der Waals surface area contributed by atoms with Gasteiger partial charge in [0.2, 0.25) is 17.7 Å². The second kappa shape index (κ2) is 22.9. The number of benzene rings is 2. The number of anilines is 2. The maximum Gasteiger partial charge on any atom is 0.266 e. The van der Waals surface area contributed by atoms with Crippen LogP contribution in [-0.4, -0.2) is 151 Å². The van der Waals surface area contributed by atoms with E-state index in [9.17, 15) is 28.8 Å². The van der Waals surface area contributed by atoms with E-state index < -0.39 is 42.2 Å². The lowest BCUT2D eigenvalue weighted by atomic mass is 9.95. The molecule has 2 aromatic carbocycles. The van der Waals surface area contributed by atoms with Gasteiger partial charge in [-0.05, 0) is 75.1 Å². The van der Waals surface area contributed by atoms with Crippen molar-refractivity contribution in [1.82, 2.24) is 35.0 Å². The molecule has 6 heterocycles. The van der Waals surface area contributed by atoms with Crippen molar-refractivity contribution in [2.75, 3.05) is 89.2 Å². The van der Waals surface area contributed by atoms with Crippen LogP contribution in [0.3, 0.4) is 0 Å². The first kappa shape index (κ1) is 49.8. The smallest absolute Gasteiger partial charge is 0.266 e. The number of hydrogen-bond acceptors (Lipinski definition) is 15. The number of piperazine rings is 1. The summed E-state index contributed by atoms with van der Waals surface area (Å²) in [6.45, 7) is 8.21. The molecule has 6 amide bonds. The quantitative estimate of drug-likeness (QED) is 0.0669. The van der Waals surface area contributed by atoms with Crippen molar-refractivity contribution in [1.29, 1.82) is 0 Å². The average Bonchev–Trinajstić information content (AvgIpc) is 4.01. The maximum atomic E-state index is 13.2. The van der Waals surface area contributed by atoms with Crippen molar-refractivity contribution in [2.45, 2.75) is 77.3 Å². The van der Waals surface area contributed by atoms with E-state index in [0.717, 1.165) is 81.8 Å². The van der Waals surface area contributed by atoms with E-state index in [0.29, 0.717) is 58.6 Å². The van der Waals surface area contributed by atoms with Crippen LogP contribution in [0, 0.1) is 13.8 Å². The molecule has 20 nitrogen and oxygen atoms in total. The lowest BCUT2D eigenvalue weighted by molar-refractivity contribution is -0.136. The molecule has 3 fully saturated rings. The minimum Gasteiger partial charge on any atom is -0.483 e. The zero-order chi connectivity index (χ0) is 50.1. The zero-order valence-electron chi connectivity index (χ0n) is 40.7. The molecule has 0 spiro atoms. The molecule has 3 aromatic heterocycles. The second-order valence-corrected chi connectivity index (χ2v) is 18.4. The molecule has 9 rings (SSSR count). The number of carbonyl (C=O) groups excluding carboxylic acids is 6. The highest BCUT2D eigenvalue weighted by Gasteiger charge is 2.46. The van der Waals surface area contributed by atoms with Crippen LogP contribution in [0.4, 0.5) is 11.5 Å². The Morgan fingerprint density at radius 3 is 2.26 bits per heavy atom. The van der Waals surface area contributed by atoms with Crippen LogP contribution in [0.25, 0.3) is 28.0 Å². The van der Waals surface area contributed by atoms with E-state index >= 15 is 0 Å². The third kappa shape index (κ3) is 11.3. The topological polar surface area (TPSA) is 228 Å². The number of ether oxygens (including phenoxy) is 4. The van der Waals surface area contributed by atoms with Gasteiger partial charge in [-0.3, -0.25) is 43.4 Å². The standard InChI is InChI=1S/C52H61N9O11/c1-33-46(34(2)72-57-33)36-17-20-60-42(31-36)55-48(49(60)54-37-7-4-3-5-8-37)35-11-13-38(14-12-35)58-21-23-59(24-22-58)45(64)18-25-68-27-29-70-30-28-69-26-19-53-44(63)32-71-41-10-6-9-39-47(41)52(67)61(51(39)66)40-15-16-43(62)56-50(40)65/h6,9-14,17,20,31,37,40,54H,3-5,7-8,15-16,18-19,21-30,32H2,1-2H3,(H,53,63)(H,56,62,65). The molecule has 20 heteroatoms. The van der Waals surface area contributed by atoms with Gasteiger partial charge in [0.1, 0.15) is 34.7 Å². The Bertz CT molecular complexity index is 2770. The predicted molar refractivity (Wildman–Crippen MR) is 264 cm³/mol. The average molecular weight is 988 g/mol. The SMILES string of the molecule is Cc1noc(C)c1-c1ccn2c(NC3CCCCC3)c(-c3ccc(N4CCN(C(=O)CCOCCOCCOCCNC(=O)COc5cccc6c5C(=O)N(C5CCC(=O)NC5=O)C6=O)CC4)cc3)nc2c1. The summed E-state index contributed by atoms with van der Waals surface area (Å²) in [5, 5.41) is 12.9. The Morgan fingerprint density at radius 1 is 0.806 bits per heavy atom. The normalized spacial score (nSPS) is 17.4. The molecule has 3 aliphatic heterocycles. The van der Waals surface area contributed by atoms with Crippen LogP contribution >= 0.6 is 0 Å². The van der Waals surface area contributed by atoms with Crippen molar-refractivity contribution in [3.8, 4) is 28.1 Å². The number of pyridine rings is 1. The second-order valence-electron chi connectivity index (χ2n) is 18.4. The summed E-state index contributed by atoms with van der Waals surface area (Å²) in [6, 6.07) is 16.5. The van der Waals surface area contributed by atoms with Crippen molar-refractivity contribution in [3.05, 3.63) is 83.4 Å². The third-order valence-electron chi connectivity index (χ3n) is 13.6. The number of aryl methyl sites for hydroxylation is 2. The Hall–Kier alpha value is -7.16. The molecule has 2 saturated heterocycles. The molecular formula is C52H61N9O11. The van der Waals surface area contributed by atoms with Crippen molar-refractivity contribution >= 4 is 52.6 Å². The van der Waals surface area contributed by atoms with Crippen molar-refractivity contribution < 1.29 is 52.2 Å². The van der Waals surface area contributed by atoms with Crippen LogP contribution in [0.2, 0.25) is 0 Å². The number of nitrogens with one attached hydrogen (secondary N) is 3. The largest absolute Gasteiger partial charge is 0.483 e. The van der Waals surface area contributed by atoms with E-state index in [4.69, 9.17) is 28.5 Å². The summed E-state index contributed by atoms with van der Waals surface area (Å²) in [5.41, 5.74) is 6.83. The van der Waals surface area contributed by atoms with Gasteiger partial charge in [-0.15, -0.1) is 0 Å². The Kier molecular flexibility index (Phi) is 15.9. The number of amides is 6. The van der Waals surface area contributed by atoms with Gasteiger partial charge in [0.15, 0.2) is 6.61 Å². The molecule has 3 N–H and O–H groups in total. The van der Waals surface area contributed by atoms with Gasteiger partial charge in [0, 0.05) is 68.2 Å². The molecule has 4 aliphatic rings. The first-order chi connectivity index (χ1) is 35.0. The maximum absolute atomic E-state index is 13.2. The number of imide groups is 2. The molecule has 5 aromatic rings. The number of imidazole rings is 1. The molecular weight excluding hydrogens is 927 g/mol. The van der Waals surface area contributed by atoms with Crippen molar-refractivity contribution in [2.24, 2.45) is 0 Å². The van der Waals surface area contributed by atoms with Crippen LogP contribution in [0.1, 0.15) is 83.5 Å². The van der Waals surface area contributed by atoms with Gasteiger partial charge >= 0.3 is 0 Å². The molecule has 1 unspecified atom stereocenters. The molecule has 0 bridgehead atoms. The number of rotatable bonds is 21. The fourth-order valence-corrected chi connectivity index (χ4v) is 9.84. The lowest BCUT2D eigenvalue weighted by Gasteiger charge is -2.36. The van der Waals surface area contributed by atoms with Gasteiger partial charge in [-0.2, -0.15) is 0 Å². The zero-order valence-corrected chi connectivity index (χ0v) is 40.7. The number of nitrogens with zero attached hydrogens (tertiary/aromatic N) is 6. The molecule has 72 heavy (non-hydrogen) atoms. The van der Waals surface area contributed by atoms with Crippen LogP contribution in [-0.2, 0) is 33.4 Å². The predicted octanol–water partition coefficient (Wildman–Crippen LogP) is 4.70. The lowest BCUT2D eigenvalue weighted by Crippen LogP contribution is -2.54. The fraction of sp³-hybridized carbons (Fsp3) is 0.462. The van der Waals surface area contributed by atoms with Crippen LogP contribution in [0.15, 0.2) is 65.3 Å². The van der Waals surface area contributed by atoms with Gasteiger partial charge in [-0.1, -0.05) is 42.6 Å². The van der Waals surface area contributed by atoms with Crippen molar-refractivity contribution in [3.63, 3.8) is 0 Å². The monoisotopic (exact) mass is 987 g/mol. The van der Waals surface area contributed by atoms with E-state index in [-0.39, 0.29) is 48.8 Å². The van der Waals surface area contributed by atoms with Gasteiger partial charge in [0.05, 0.1) is 62.9 Å². The minimum absolute atomic E-state index is 0.00508. The van der Waals surface area contributed by atoms with Crippen LogP contribution < -0.4 is 25.6 Å². The first-order valence-electron chi connectivity index (χ1n) is 24.9. The summed E-state index contributed by atoms with van der Waals surface area (Å²) in [5.74, 6) is -1.13. The van der Waals surface area contributed by atoms with E-state index in [1.165, 1.54) is 37.5 Å². The summed E-state index contributed by atoms with van der Waals surface area (Å²) in [4.78, 5) is 85.9. The van der Waals surface area contributed by atoms with Crippen LogP contribution in [0.5, 0.6) is 5.75 Å². The summed E-state index contributed by atoms with van der Waals surface area (Å²) in [7, 11) is 0. The number of hydrogen-bond donors (Lipinski definition) is 3. The van der Waals surface area contributed by atoms with E-state index in [1.54, 1.807) is 0 Å². The van der Waals surface area contributed by atoms with Gasteiger partial charge in [0.25, 0.3) is 17.7 Å². The first-order valence-corrected chi connectivity index (χ1v) is 24.9. The highest BCUT2D eigenvalue weighted by Crippen LogP contribution is 2.36. The highest BCUT2D eigenvalue weighted by molar-refractivity contribution is 6.24. The van der Waals surface area contributed by atoms with E-state index in [2.05, 4.69) is 73.0 Å². The number of fused-ring (bicyclic) bond motifs is 2. The number of piperidine rings is 1. The molecule has 380 valence electrons. The molecule has 1 aliphatic carbocycles. The Labute approximate surface area is 416 Å². The van der Waals surface area contributed by atoms with Gasteiger partial charge < -0.3 is 43.9 Å². The highest BCUT2D eigenvalue weighted by atomic mass is 16.5. The fourth-order valence-electron chi connectivity index (χ4n) is 9.84. The molecule has 0 radical (unpaired) electrons. The number of aromatic nitrogens is 3. The Balaban J connectivity index is 0.635. The molecule has 1 atom stereocenters. The minimum atomic E-state index is -1.11. The van der Waals surface area contributed by atoms with E-state index in [1.807, 2.05) is 18.7 Å².